The summed E-state index contributed by atoms with van der Waals surface area (Å²) in [7, 11) is 2.26. The highest BCUT2D eigenvalue weighted by Crippen LogP contribution is 2.39. The molecule has 0 saturated heterocycles. The van der Waals surface area contributed by atoms with Crippen LogP contribution in [0, 0.1) is 12.8 Å². The maximum atomic E-state index is 2.52. The van der Waals surface area contributed by atoms with E-state index in [-0.39, 0.29) is 0 Å². The molecular weight excluding hydrogens is 232 g/mol. The number of rotatable bonds is 0. The van der Waals surface area contributed by atoms with E-state index in [4.69, 9.17) is 0 Å². The van der Waals surface area contributed by atoms with Crippen molar-refractivity contribution in [2.45, 2.75) is 26.4 Å². The first-order valence-electron chi connectivity index (χ1n) is 7.16. The minimum atomic E-state index is 0.542. The van der Waals surface area contributed by atoms with Crippen LogP contribution in [-0.2, 0) is 6.54 Å². The van der Waals surface area contributed by atoms with Gasteiger partial charge >= 0.3 is 0 Å². The summed E-state index contributed by atoms with van der Waals surface area (Å²) in [6, 6.07) is 9.59. The summed E-state index contributed by atoms with van der Waals surface area (Å²) in [6.45, 7) is 6.81. The average molecular weight is 252 g/mol. The van der Waals surface area contributed by atoms with Crippen LogP contribution in [0.25, 0.3) is 16.5 Å². The van der Waals surface area contributed by atoms with Crippen LogP contribution >= 0.6 is 0 Å². The average Bonchev–Trinajstić information content (AvgIpc) is 2.69. The summed E-state index contributed by atoms with van der Waals surface area (Å²) in [5.74, 6) is 0.647. The fourth-order valence-corrected chi connectivity index (χ4v) is 3.90. The van der Waals surface area contributed by atoms with Gasteiger partial charge in [0.25, 0.3) is 0 Å². The molecule has 98 valence electrons. The Bertz CT molecular complexity index is 693. The highest BCUT2D eigenvalue weighted by molar-refractivity contribution is 5.95. The van der Waals surface area contributed by atoms with Crippen molar-refractivity contribution in [3.05, 3.63) is 41.6 Å². The largest absolute Gasteiger partial charge is 0.342 e. The molecule has 0 spiro atoms. The lowest BCUT2D eigenvalue weighted by Crippen LogP contribution is -2.43. The molecule has 0 radical (unpaired) electrons. The monoisotopic (exact) mass is 252 g/mol. The van der Waals surface area contributed by atoms with Crippen molar-refractivity contribution >= 4 is 16.5 Å². The van der Waals surface area contributed by atoms with Crippen molar-refractivity contribution in [2.24, 2.45) is 5.92 Å². The van der Waals surface area contributed by atoms with Crippen molar-refractivity contribution in [1.82, 2.24) is 9.47 Å². The van der Waals surface area contributed by atoms with E-state index in [1.54, 1.807) is 0 Å². The highest BCUT2D eigenvalue weighted by Gasteiger charge is 2.32. The van der Waals surface area contributed by atoms with Crippen LogP contribution in [0.1, 0.15) is 18.2 Å². The molecular formula is C17H20N2. The van der Waals surface area contributed by atoms with Gasteiger partial charge in [0.2, 0.25) is 0 Å². The summed E-state index contributed by atoms with van der Waals surface area (Å²) in [5, 5.41) is 1.38. The molecule has 3 heterocycles. The standard InChI is InChI=1S/C17H20N2/c1-11-7-15-14-6-4-5-13-8-12(2)19(17(13)14)10-16(15)18(3)9-11/h4-8,11,16H,9-10H2,1-3H3/t11-,16-/m1/s1. The first-order valence-corrected chi connectivity index (χ1v) is 7.16. The van der Waals surface area contributed by atoms with Crippen LogP contribution in [0.2, 0.25) is 0 Å². The number of benzene rings is 1. The Morgan fingerprint density at radius 1 is 1.21 bits per heavy atom. The van der Waals surface area contributed by atoms with Crippen LogP contribution in [0.15, 0.2) is 30.3 Å². The molecule has 0 aliphatic carbocycles. The lowest BCUT2D eigenvalue weighted by Gasteiger charge is -2.40. The second-order valence-electron chi connectivity index (χ2n) is 6.19. The number of hydrogen-bond acceptors (Lipinski definition) is 1. The quantitative estimate of drug-likeness (QED) is 0.698. The fourth-order valence-electron chi connectivity index (χ4n) is 3.90. The Balaban J connectivity index is 2.04. The van der Waals surface area contributed by atoms with Crippen molar-refractivity contribution in [3.63, 3.8) is 0 Å². The maximum Gasteiger partial charge on any atom is 0.0559 e. The zero-order valence-corrected chi connectivity index (χ0v) is 11.9. The van der Waals surface area contributed by atoms with Gasteiger partial charge in [-0.3, -0.25) is 4.90 Å². The molecule has 4 rings (SSSR count). The molecule has 2 aromatic rings. The predicted molar refractivity (Wildman–Crippen MR) is 80.2 cm³/mol. The zero-order chi connectivity index (χ0) is 13.1. The van der Waals surface area contributed by atoms with Crippen molar-refractivity contribution < 1.29 is 0 Å². The van der Waals surface area contributed by atoms with Crippen molar-refractivity contribution in [1.29, 1.82) is 0 Å². The van der Waals surface area contributed by atoms with Gasteiger partial charge in [0.15, 0.2) is 0 Å². The number of likely N-dealkylation sites (N-methyl/N-ethyl adjacent to an activating group) is 1. The van der Waals surface area contributed by atoms with E-state index >= 15 is 0 Å². The molecule has 19 heavy (non-hydrogen) atoms. The van der Waals surface area contributed by atoms with Crippen LogP contribution < -0.4 is 0 Å². The summed E-state index contributed by atoms with van der Waals surface area (Å²) < 4.78 is 2.50. The topological polar surface area (TPSA) is 8.17 Å². The number of nitrogens with zero attached hydrogens (tertiary/aromatic N) is 2. The fraction of sp³-hybridized carbons (Fsp3) is 0.412. The van der Waals surface area contributed by atoms with Gasteiger partial charge in [-0.25, -0.2) is 0 Å². The Morgan fingerprint density at radius 2 is 2.05 bits per heavy atom. The molecule has 1 aromatic carbocycles. The molecule has 2 nitrogen and oxygen atoms in total. The number of fused-ring (bicyclic) bond motifs is 2. The van der Waals surface area contributed by atoms with Gasteiger partial charge in [0.1, 0.15) is 0 Å². The van der Waals surface area contributed by atoms with Gasteiger partial charge in [0, 0.05) is 29.7 Å². The maximum absolute atomic E-state index is 2.52. The van der Waals surface area contributed by atoms with Crippen molar-refractivity contribution in [3.8, 4) is 0 Å². The summed E-state index contributed by atoms with van der Waals surface area (Å²) >= 11 is 0. The van der Waals surface area contributed by atoms with Crippen molar-refractivity contribution in [2.75, 3.05) is 13.6 Å². The highest BCUT2D eigenvalue weighted by atomic mass is 15.2. The van der Waals surface area contributed by atoms with Gasteiger partial charge in [0.05, 0.1) is 11.6 Å². The number of hydrogen-bond donors (Lipinski definition) is 0. The van der Waals surface area contributed by atoms with Crippen LogP contribution in [0.3, 0.4) is 0 Å². The van der Waals surface area contributed by atoms with E-state index in [1.165, 1.54) is 34.3 Å². The first-order chi connectivity index (χ1) is 9.15. The molecule has 2 atom stereocenters. The minimum absolute atomic E-state index is 0.542. The first kappa shape index (κ1) is 11.3. The molecule has 0 N–H and O–H groups in total. The Hall–Kier alpha value is -1.54. The minimum Gasteiger partial charge on any atom is -0.342 e. The van der Waals surface area contributed by atoms with E-state index in [1.807, 2.05) is 0 Å². The Kier molecular flexibility index (Phi) is 2.22. The molecule has 0 saturated carbocycles. The molecule has 2 aliphatic rings. The lowest BCUT2D eigenvalue weighted by atomic mass is 9.86. The Morgan fingerprint density at radius 3 is 2.89 bits per heavy atom. The third kappa shape index (κ3) is 1.47. The zero-order valence-electron chi connectivity index (χ0n) is 11.9. The van der Waals surface area contributed by atoms with Gasteiger partial charge in [-0.15, -0.1) is 0 Å². The molecule has 0 bridgehead atoms. The third-order valence-electron chi connectivity index (χ3n) is 4.72. The molecule has 2 heteroatoms. The smallest absolute Gasteiger partial charge is 0.0559 e. The molecule has 0 unspecified atom stereocenters. The van der Waals surface area contributed by atoms with E-state index in [0.717, 1.165) is 6.54 Å². The van der Waals surface area contributed by atoms with E-state index in [0.29, 0.717) is 12.0 Å². The van der Waals surface area contributed by atoms with E-state index < -0.39 is 0 Å². The molecule has 0 amide bonds. The lowest BCUT2D eigenvalue weighted by molar-refractivity contribution is 0.233. The van der Waals surface area contributed by atoms with Gasteiger partial charge in [-0.1, -0.05) is 31.2 Å². The summed E-state index contributed by atoms with van der Waals surface area (Å²) in [5.41, 5.74) is 5.80. The summed E-state index contributed by atoms with van der Waals surface area (Å²) in [4.78, 5) is 2.52. The summed E-state index contributed by atoms with van der Waals surface area (Å²) in [6.07, 6.45) is 2.49. The predicted octanol–water partition coefficient (Wildman–Crippen LogP) is 3.30. The number of aromatic nitrogens is 1. The van der Waals surface area contributed by atoms with E-state index in [2.05, 4.69) is 60.7 Å². The second kappa shape index (κ2) is 3.73. The molecule has 1 aromatic heterocycles. The van der Waals surface area contributed by atoms with E-state index in [9.17, 15) is 0 Å². The molecule has 2 aliphatic heterocycles. The SMILES string of the molecule is Cc1cc2cccc3c2n1C[C@@H]1C3=C[C@@H](C)CN1C. The van der Waals surface area contributed by atoms with Crippen LogP contribution in [0.5, 0.6) is 0 Å². The van der Waals surface area contributed by atoms with Gasteiger partial charge in [-0.05, 0) is 31.5 Å². The normalized spacial score (nSPS) is 26.4. The second-order valence-corrected chi connectivity index (χ2v) is 6.19. The third-order valence-corrected chi connectivity index (χ3v) is 4.72. The van der Waals surface area contributed by atoms with Crippen LogP contribution in [-0.4, -0.2) is 29.1 Å². The van der Waals surface area contributed by atoms with Gasteiger partial charge in [-0.2, -0.15) is 0 Å². The van der Waals surface area contributed by atoms with Gasteiger partial charge < -0.3 is 4.57 Å². The number of para-hydroxylation sites is 1. The number of aryl methyl sites for hydroxylation is 1. The molecule has 0 fully saturated rings. The van der Waals surface area contributed by atoms with Crippen LogP contribution in [0.4, 0.5) is 0 Å². The Labute approximate surface area is 114 Å².